The van der Waals surface area contributed by atoms with E-state index in [1.54, 1.807) is 12.1 Å². The zero-order valence-corrected chi connectivity index (χ0v) is 15.5. The Balaban J connectivity index is 1.97. The molecule has 1 unspecified atom stereocenters. The van der Waals surface area contributed by atoms with Crippen molar-refractivity contribution in [2.24, 2.45) is 0 Å². The molecule has 1 fully saturated rings. The summed E-state index contributed by atoms with van der Waals surface area (Å²) in [6.45, 7) is 0. The Labute approximate surface area is 169 Å². The third kappa shape index (κ3) is 3.25. The molecule has 144 valence electrons. The molecule has 1 saturated heterocycles. The molecule has 1 aliphatic rings. The van der Waals surface area contributed by atoms with Gasteiger partial charge in [0.15, 0.2) is 0 Å². The smallest absolute Gasteiger partial charge is 0.302 e. The molecule has 1 atom stereocenters. The van der Waals surface area contributed by atoms with Crippen LogP contribution < -0.4 is 4.90 Å². The number of rotatable bonds is 3. The number of Topliss-reactive ketones (excluding diaryl/α,β-unsaturated/α-hetero) is 1. The van der Waals surface area contributed by atoms with E-state index < -0.39 is 29.3 Å². The molecule has 1 aromatic heterocycles. The van der Waals surface area contributed by atoms with Gasteiger partial charge in [-0.2, -0.15) is 0 Å². The lowest BCUT2D eigenvalue weighted by atomic mass is 9.95. The zero-order chi connectivity index (χ0) is 20.5. The van der Waals surface area contributed by atoms with Crippen LogP contribution in [0.2, 0.25) is 5.02 Å². The first kappa shape index (κ1) is 18.8. The molecule has 6 nitrogen and oxygen atoms in total. The van der Waals surface area contributed by atoms with Gasteiger partial charge in [0.25, 0.3) is 5.78 Å². The van der Waals surface area contributed by atoms with Crippen LogP contribution in [0, 0.1) is 5.82 Å². The van der Waals surface area contributed by atoms with Gasteiger partial charge in [0, 0.05) is 28.5 Å². The SMILES string of the molecule is O=C1C(=O)N(c2ncccn2)C(c2ccccc2F)/C1=C(\O)c1ccc(Cl)cc1. The predicted octanol–water partition coefficient (Wildman–Crippen LogP) is 3.90. The summed E-state index contributed by atoms with van der Waals surface area (Å²) in [4.78, 5) is 34.7. The van der Waals surface area contributed by atoms with Crippen LogP contribution in [0.5, 0.6) is 0 Å². The minimum Gasteiger partial charge on any atom is -0.507 e. The highest BCUT2D eigenvalue weighted by molar-refractivity contribution is 6.51. The van der Waals surface area contributed by atoms with Crippen LogP contribution >= 0.6 is 11.6 Å². The first-order valence-electron chi connectivity index (χ1n) is 8.57. The Morgan fingerprint density at radius 2 is 1.66 bits per heavy atom. The molecule has 2 aromatic carbocycles. The highest BCUT2D eigenvalue weighted by atomic mass is 35.5. The summed E-state index contributed by atoms with van der Waals surface area (Å²) >= 11 is 5.88. The van der Waals surface area contributed by atoms with Gasteiger partial charge >= 0.3 is 5.91 Å². The second kappa shape index (κ2) is 7.44. The first-order valence-corrected chi connectivity index (χ1v) is 8.95. The van der Waals surface area contributed by atoms with Gasteiger partial charge in [-0.1, -0.05) is 29.8 Å². The molecule has 1 N–H and O–H groups in total. The number of carbonyl (C=O) groups is 2. The van der Waals surface area contributed by atoms with E-state index in [9.17, 15) is 19.1 Å². The molecule has 29 heavy (non-hydrogen) atoms. The molecule has 3 aromatic rings. The van der Waals surface area contributed by atoms with E-state index in [0.717, 1.165) is 4.90 Å². The fourth-order valence-electron chi connectivity index (χ4n) is 3.21. The Hall–Kier alpha value is -3.58. The van der Waals surface area contributed by atoms with Gasteiger partial charge < -0.3 is 5.11 Å². The average Bonchev–Trinajstić information content (AvgIpc) is 3.00. The Morgan fingerprint density at radius 3 is 2.31 bits per heavy atom. The minimum atomic E-state index is -1.23. The normalized spacial score (nSPS) is 18.3. The minimum absolute atomic E-state index is 0.0367. The summed E-state index contributed by atoms with van der Waals surface area (Å²) in [7, 11) is 0. The number of ketones is 1. The standard InChI is InChI=1S/C21H13ClFN3O3/c22-13-8-6-12(7-9-13)18(27)16-17(14-4-1-2-5-15(14)23)26(20(29)19(16)28)21-24-10-3-11-25-21/h1-11,17,27H/b18-16+. The second-order valence-corrected chi connectivity index (χ2v) is 6.68. The Kier molecular flexibility index (Phi) is 4.82. The largest absolute Gasteiger partial charge is 0.507 e. The van der Waals surface area contributed by atoms with Crippen molar-refractivity contribution in [3.63, 3.8) is 0 Å². The molecule has 4 rings (SSSR count). The molecule has 0 aliphatic carbocycles. The fraction of sp³-hybridized carbons (Fsp3) is 0.0476. The van der Waals surface area contributed by atoms with E-state index in [-0.39, 0.29) is 22.6 Å². The third-order valence-electron chi connectivity index (χ3n) is 4.53. The maximum absolute atomic E-state index is 14.7. The fourth-order valence-corrected chi connectivity index (χ4v) is 3.33. The summed E-state index contributed by atoms with van der Waals surface area (Å²) in [5, 5.41) is 11.3. The van der Waals surface area contributed by atoms with Crippen LogP contribution in [0.3, 0.4) is 0 Å². The first-order chi connectivity index (χ1) is 14.0. The lowest BCUT2D eigenvalue weighted by Crippen LogP contribution is -2.31. The molecule has 0 bridgehead atoms. The molecule has 0 saturated carbocycles. The van der Waals surface area contributed by atoms with Crippen molar-refractivity contribution >= 4 is 35.0 Å². The van der Waals surface area contributed by atoms with Gasteiger partial charge in [0.2, 0.25) is 5.95 Å². The molecular weight excluding hydrogens is 397 g/mol. The quantitative estimate of drug-likeness (QED) is 0.403. The zero-order valence-electron chi connectivity index (χ0n) is 14.8. The molecule has 1 aliphatic heterocycles. The van der Waals surface area contributed by atoms with Crippen LogP contribution in [0.25, 0.3) is 5.76 Å². The van der Waals surface area contributed by atoms with Crippen LogP contribution in [-0.2, 0) is 9.59 Å². The predicted molar refractivity (Wildman–Crippen MR) is 105 cm³/mol. The van der Waals surface area contributed by atoms with E-state index in [4.69, 9.17) is 11.6 Å². The lowest BCUT2D eigenvalue weighted by Gasteiger charge is -2.23. The van der Waals surface area contributed by atoms with Gasteiger partial charge in [-0.05, 0) is 36.4 Å². The van der Waals surface area contributed by atoms with Crippen molar-refractivity contribution in [2.45, 2.75) is 6.04 Å². The number of anilines is 1. The van der Waals surface area contributed by atoms with Gasteiger partial charge in [-0.3, -0.25) is 14.5 Å². The average molecular weight is 410 g/mol. The molecule has 0 spiro atoms. The lowest BCUT2D eigenvalue weighted by molar-refractivity contribution is -0.132. The molecular formula is C21H13ClFN3O3. The van der Waals surface area contributed by atoms with Crippen LogP contribution in [0.1, 0.15) is 17.2 Å². The van der Waals surface area contributed by atoms with Crippen molar-refractivity contribution in [1.82, 2.24) is 9.97 Å². The van der Waals surface area contributed by atoms with Crippen molar-refractivity contribution in [2.75, 3.05) is 4.90 Å². The van der Waals surface area contributed by atoms with E-state index in [1.165, 1.54) is 54.9 Å². The number of nitrogens with zero attached hydrogens (tertiary/aromatic N) is 3. The maximum Gasteiger partial charge on any atom is 0.302 e. The number of aliphatic hydroxyl groups is 1. The van der Waals surface area contributed by atoms with Gasteiger partial charge in [-0.15, -0.1) is 0 Å². The number of benzene rings is 2. The maximum atomic E-state index is 14.7. The number of halogens is 2. The monoisotopic (exact) mass is 409 g/mol. The summed E-state index contributed by atoms with van der Waals surface area (Å²) in [6.07, 6.45) is 2.80. The number of hydrogen-bond donors (Lipinski definition) is 1. The Bertz CT molecular complexity index is 1130. The third-order valence-corrected chi connectivity index (χ3v) is 4.78. The molecule has 1 amide bonds. The number of amides is 1. The molecule has 2 heterocycles. The number of aliphatic hydroxyl groups excluding tert-OH is 1. The van der Waals surface area contributed by atoms with E-state index in [2.05, 4.69) is 9.97 Å². The van der Waals surface area contributed by atoms with Crippen molar-refractivity contribution < 1.29 is 19.1 Å². The van der Waals surface area contributed by atoms with E-state index >= 15 is 0 Å². The van der Waals surface area contributed by atoms with Gasteiger partial charge in [-0.25, -0.2) is 14.4 Å². The van der Waals surface area contributed by atoms with Crippen LogP contribution in [0.4, 0.5) is 10.3 Å². The van der Waals surface area contributed by atoms with Crippen molar-refractivity contribution in [1.29, 1.82) is 0 Å². The van der Waals surface area contributed by atoms with Crippen molar-refractivity contribution in [3.05, 3.63) is 94.5 Å². The molecule has 8 heteroatoms. The summed E-state index contributed by atoms with van der Waals surface area (Å²) < 4.78 is 14.7. The number of carbonyl (C=O) groups excluding carboxylic acids is 2. The van der Waals surface area contributed by atoms with E-state index in [1.807, 2.05) is 0 Å². The number of hydrogen-bond acceptors (Lipinski definition) is 5. The van der Waals surface area contributed by atoms with Crippen LogP contribution in [-0.4, -0.2) is 26.8 Å². The summed E-state index contributed by atoms with van der Waals surface area (Å²) in [6, 6.07) is 12.1. The van der Waals surface area contributed by atoms with Gasteiger partial charge in [0.1, 0.15) is 17.6 Å². The summed E-state index contributed by atoms with van der Waals surface area (Å²) in [5.41, 5.74) is 0.0484. The summed E-state index contributed by atoms with van der Waals surface area (Å²) in [5.74, 6) is -3.06. The second-order valence-electron chi connectivity index (χ2n) is 6.25. The highest BCUT2D eigenvalue weighted by Gasteiger charge is 2.48. The number of aromatic nitrogens is 2. The van der Waals surface area contributed by atoms with Gasteiger partial charge in [0.05, 0.1) is 5.57 Å². The van der Waals surface area contributed by atoms with E-state index in [0.29, 0.717) is 5.02 Å². The molecule has 0 radical (unpaired) electrons. The van der Waals surface area contributed by atoms with Crippen molar-refractivity contribution in [3.8, 4) is 0 Å². The highest BCUT2D eigenvalue weighted by Crippen LogP contribution is 2.41. The topological polar surface area (TPSA) is 83.4 Å². The van der Waals surface area contributed by atoms with Crippen LogP contribution in [0.15, 0.2) is 72.6 Å². The Morgan fingerprint density at radius 1 is 1.00 bits per heavy atom.